The highest BCUT2D eigenvalue weighted by molar-refractivity contribution is 5.95. The Morgan fingerprint density at radius 1 is 1.07 bits per heavy atom. The molecule has 0 spiro atoms. The number of halogens is 1. The van der Waals surface area contributed by atoms with Crippen molar-refractivity contribution in [2.45, 2.75) is 45.6 Å². The summed E-state index contributed by atoms with van der Waals surface area (Å²) >= 11 is 0. The number of aryl methyl sites for hydroxylation is 1. The predicted octanol–water partition coefficient (Wildman–Crippen LogP) is 4.89. The van der Waals surface area contributed by atoms with Gasteiger partial charge in [-0.2, -0.15) is 5.10 Å². The maximum absolute atomic E-state index is 13.2. The molecule has 0 fully saturated rings. The van der Waals surface area contributed by atoms with Crippen molar-refractivity contribution in [2.24, 2.45) is 0 Å². The second-order valence-electron chi connectivity index (χ2n) is 7.39. The third kappa shape index (κ3) is 4.66. The largest absolute Gasteiger partial charge is 0.349 e. The minimum Gasteiger partial charge on any atom is -0.349 e. The van der Waals surface area contributed by atoms with Gasteiger partial charge in [-0.25, -0.2) is 9.07 Å². The first-order chi connectivity index (χ1) is 13.5. The number of nitrogens with zero attached hydrogens (tertiary/aromatic N) is 2. The van der Waals surface area contributed by atoms with Gasteiger partial charge in [0.25, 0.3) is 5.91 Å². The molecule has 0 radical (unpaired) electrons. The summed E-state index contributed by atoms with van der Waals surface area (Å²) < 4.78 is 15.0. The Morgan fingerprint density at radius 3 is 2.39 bits per heavy atom. The van der Waals surface area contributed by atoms with Crippen molar-refractivity contribution in [2.75, 3.05) is 0 Å². The summed E-state index contributed by atoms with van der Waals surface area (Å²) in [5, 5.41) is 7.48. The van der Waals surface area contributed by atoms with Crippen molar-refractivity contribution < 1.29 is 9.18 Å². The lowest BCUT2D eigenvalue weighted by molar-refractivity contribution is 0.0937. The van der Waals surface area contributed by atoms with Gasteiger partial charge in [0.15, 0.2) is 0 Å². The normalized spacial score (nSPS) is 12.2. The van der Waals surface area contributed by atoms with E-state index in [0.29, 0.717) is 5.56 Å². The molecule has 28 heavy (non-hydrogen) atoms. The number of amides is 1. The van der Waals surface area contributed by atoms with Crippen LogP contribution >= 0.6 is 0 Å². The highest BCUT2D eigenvalue weighted by Gasteiger charge is 2.22. The van der Waals surface area contributed by atoms with Crippen molar-refractivity contribution in [1.29, 1.82) is 0 Å². The van der Waals surface area contributed by atoms with E-state index in [2.05, 4.69) is 22.5 Å². The van der Waals surface area contributed by atoms with Gasteiger partial charge in [0.1, 0.15) is 5.82 Å². The third-order valence-electron chi connectivity index (χ3n) is 4.76. The molecule has 2 aromatic carbocycles. The van der Waals surface area contributed by atoms with E-state index in [0.717, 1.165) is 24.2 Å². The summed E-state index contributed by atoms with van der Waals surface area (Å²) in [5.74, 6) is -0.335. The number of carbonyl (C=O) groups is 1. The number of carbonyl (C=O) groups excluding carboxylic acids is 1. The van der Waals surface area contributed by atoms with E-state index in [1.165, 1.54) is 17.7 Å². The van der Waals surface area contributed by atoms with Gasteiger partial charge in [-0.15, -0.1) is 0 Å². The molecule has 5 heteroatoms. The molecule has 3 rings (SSSR count). The third-order valence-corrected chi connectivity index (χ3v) is 4.76. The summed E-state index contributed by atoms with van der Waals surface area (Å²) in [6, 6.07) is 16.4. The van der Waals surface area contributed by atoms with Gasteiger partial charge in [-0.1, -0.05) is 44.2 Å². The molecule has 4 nitrogen and oxygen atoms in total. The van der Waals surface area contributed by atoms with E-state index in [1.807, 2.05) is 39.0 Å². The van der Waals surface area contributed by atoms with Crippen LogP contribution < -0.4 is 5.32 Å². The quantitative estimate of drug-likeness (QED) is 0.636. The molecule has 1 amide bonds. The van der Waals surface area contributed by atoms with E-state index >= 15 is 0 Å². The Balaban J connectivity index is 1.73. The summed E-state index contributed by atoms with van der Waals surface area (Å²) in [6.07, 6.45) is 3.37. The molecule has 0 bridgehead atoms. The highest BCUT2D eigenvalue weighted by atomic mass is 19.1. The van der Waals surface area contributed by atoms with E-state index in [9.17, 15) is 9.18 Å². The van der Waals surface area contributed by atoms with Gasteiger partial charge >= 0.3 is 0 Å². The number of hydrogen-bond acceptors (Lipinski definition) is 2. The standard InChI is InChI=1S/C23H26FN3O/c1-16(2)22-21(15-25-27(22)20-13-11-19(24)12-14-20)23(28)26-17(3)9-10-18-7-5-4-6-8-18/h4-8,11-17H,9-10H2,1-3H3,(H,26,28). The van der Waals surface area contributed by atoms with E-state index in [4.69, 9.17) is 0 Å². The van der Waals surface area contributed by atoms with E-state index in [1.54, 1.807) is 23.0 Å². The molecule has 1 N–H and O–H groups in total. The van der Waals surface area contributed by atoms with Crippen LogP contribution in [0.2, 0.25) is 0 Å². The predicted molar refractivity (Wildman–Crippen MR) is 109 cm³/mol. The fourth-order valence-electron chi connectivity index (χ4n) is 3.28. The summed E-state index contributed by atoms with van der Waals surface area (Å²) in [7, 11) is 0. The second kappa shape index (κ2) is 8.83. The van der Waals surface area contributed by atoms with Crippen LogP contribution in [-0.2, 0) is 6.42 Å². The van der Waals surface area contributed by atoms with Crippen LogP contribution in [0.1, 0.15) is 54.7 Å². The van der Waals surface area contributed by atoms with Gasteiger partial charge in [0.2, 0.25) is 0 Å². The van der Waals surface area contributed by atoms with Crippen molar-refractivity contribution in [3.05, 3.63) is 83.4 Å². The number of rotatable bonds is 7. The molecule has 0 saturated heterocycles. The molecular formula is C23H26FN3O. The molecule has 0 aliphatic heterocycles. The average molecular weight is 379 g/mol. The Labute approximate surface area is 165 Å². The lowest BCUT2D eigenvalue weighted by Crippen LogP contribution is -2.33. The van der Waals surface area contributed by atoms with Gasteiger partial charge in [-0.3, -0.25) is 4.79 Å². The molecule has 1 aromatic heterocycles. The zero-order valence-electron chi connectivity index (χ0n) is 16.5. The first kappa shape index (κ1) is 19.8. The molecular weight excluding hydrogens is 353 g/mol. The van der Waals surface area contributed by atoms with Crippen LogP contribution in [-0.4, -0.2) is 21.7 Å². The number of aromatic nitrogens is 2. The fraction of sp³-hybridized carbons (Fsp3) is 0.304. The minimum absolute atomic E-state index is 0.0434. The molecule has 146 valence electrons. The van der Waals surface area contributed by atoms with Crippen LogP contribution in [0.15, 0.2) is 60.8 Å². The number of benzene rings is 2. The van der Waals surface area contributed by atoms with Crippen LogP contribution in [0.4, 0.5) is 4.39 Å². The van der Waals surface area contributed by atoms with E-state index in [-0.39, 0.29) is 23.7 Å². The Kier molecular flexibility index (Phi) is 6.24. The molecule has 1 unspecified atom stereocenters. The van der Waals surface area contributed by atoms with Crippen molar-refractivity contribution in [1.82, 2.24) is 15.1 Å². The van der Waals surface area contributed by atoms with Crippen LogP contribution in [0.5, 0.6) is 0 Å². The SMILES string of the molecule is CC(CCc1ccccc1)NC(=O)c1cnn(-c2ccc(F)cc2)c1C(C)C. The van der Waals surface area contributed by atoms with Crippen molar-refractivity contribution >= 4 is 5.91 Å². The lowest BCUT2D eigenvalue weighted by Gasteiger charge is -2.16. The van der Waals surface area contributed by atoms with Crippen molar-refractivity contribution in [3.63, 3.8) is 0 Å². The Hall–Kier alpha value is -2.95. The smallest absolute Gasteiger partial charge is 0.254 e. The number of hydrogen-bond donors (Lipinski definition) is 1. The Morgan fingerprint density at radius 2 is 1.75 bits per heavy atom. The molecule has 0 aliphatic carbocycles. The molecule has 0 aliphatic rings. The summed E-state index contributed by atoms with van der Waals surface area (Å²) in [5.41, 5.74) is 3.38. The van der Waals surface area contributed by atoms with E-state index < -0.39 is 0 Å². The minimum atomic E-state index is -0.299. The zero-order chi connectivity index (χ0) is 20.1. The summed E-state index contributed by atoms with van der Waals surface area (Å²) in [4.78, 5) is 12.9. The first-order valence-corrected chi connectivity index (χ1v) is 9.64. The topological polar surface area (TPSA) is 46.9 Å². The summed E-state index contributed by atoms with van der Waals surface area (Å²) in [6.45, 7) is 6.06. The Bertz CT molecular complexity index is 917. The van der Waals surface area contributed by atoms with Gasteiger partial charge in [0, 0.05) is 6.04 Å². The molecule has 1 atom stereocenters. The highest BCUT2D eigenvalue weighted by Crippen LogP contribution is 2.23. The van der Waals surface area contributed by atoms with Crippen LogP contribution in [0.3, 0.4) is 0 Å². The molecule has 3 aromatic rings. The maximum Gasteiger partial charge on any atom is 0.254 e. The van der Waals surface area contributed by atoms with Crippen molar-refractivity contribution in [3.8, 4) is 5.69 Å². The maximum atomic E-state index is 13.2. The monoisotopic (exact) mass is 379 g/mol. The van der Waals surface area contributed by atoms with Gasteiger partial charge in [-0.05, 0) is 55.5 Å². The van der Waals surface area contributed by atoms with Crippen LogP contribution in [0.25, 0.3) is 5.69 Å². The molecule has 0 saturated carbocycles. The van der Waals surface area contributed by atoms with Gasteiger partial charge < -0.3 is 5.32 Å². The number of nitrogens with one attached hydrogen (secondary N) is 1. The average Bonchev–Trinajstić information content (AvgIpc) is 3.13. The van der Waals surface area contributed by atoms with Gasteiger partial charge in [0.05, 0.1) is 23.1 Å². The lowest BCUT2D eigenvalue weighted by atomic mass is 10.0. The van der Waals surface area contributed by atoms with Crippen LogP contribution in [0, 0.1) is 5.82 Å². The second-order valence-corrected chi connectivity index (χ2v) is 7.39. The first-order valence-electron chi connectivity index (χ1n) is 9.64. The molecule has 1 heterocycles. The fourth-order valence-corrected chi connectivity index (χ4v) is 3.28. The zero-order valence-corrected chi connectivity index (χ0v) is 16.5.